The first-order chi connectivity index (χ1) is 13.4. The third kappa shape index (κ3) is 3.98. The average molecular weight is 394 g/mol. The number of hydrogen-bond acceptors (Lipinski definition) is 5. The number of rotatable bonds is 4. The number of halogens is 3. The van der Waals surface area contributed by atoms with Crippen molar-refractivity contribution in [3.63, 3.8) is 0 Å². The number of imidazole rings is 1. The zero-order valence-corrected chi connectivity index (χ0v) is 14.6. The standard InChI is InChI=1S/C17H17F3N6O2/c18-17(19,20)28-11-3-1-10(2-4-11)23-15(27)14-13-12(5-6-22-13)24-16(25-14)26-8-7-21-9-26/h5-11,22H,1-4H2,(H,23,27). The fourth-order valence-electron chi connectivity index (χ4n) is 3.36. The van der Waals surface area contributed by atoms with E-state index in [0.29, 0.717) is 29.8 Å². The largest absolute Gasteiger partial charge is 0.522 e. The van der Waals surface area contributed by atoms with Crippen LogP contribution in [0.5, 0.6) is 0 Å². The van der Waals surface area contributed by atoms with Gasteiger partial charge >= 0.3 is 6.36 Å². The van der Waals surface area contributed by atoms with Crippen molar-refractivity contribution in [1.82, 2.24) is 29.8 Å². The minimum atomic E-state index is -4.63. The van der Waals surface area contributed by atoms with Gasteiger partial charge in [0.15, 0.2) is 5.69 Å². The van der Waals surface area contributed by atoms with E-state index < -0.39 is 18.4 Å². The molecule has 8 nitrogen and oxygen atoms in total. The maximum absolute atomic E-state index is 12.8. The van der Waals surface area contributed by atoms with Gasteiger partial charge in [0.2, 0.25) is 5.95 Å². The Labute approximate surface area is 157 Å². The quantitative estimate of drug-likeness (QED) is 0.709. The van der Waals surface area contributed by atoms with Crippen LogP contribution in [0.2, 0.25) is 0 Å². The van der Waals surface area contributed by atoms with Crippen molar-refractivity contribution in [1.29, 1.82) is 0 Å². The summed E-state index contributed by atoms with van der Waals surface area (Å²) in [6.07, 6.45) is 2.19. The third-order valence-corrected chi connectivity index (χ3v) is 4.65. The monoisotopic (exact) mass is 394 g/mol. The van der Waals surface area contributed by atoms with Crippen LogP contribution in [0.25, 0.3) is 17.0 Å². The first-order valence-electron chi connectivity index (χ1n) is 8.78. The Morgan fingerprint density at radius 2 is 2.04 bits per heavy atom. The summed E-state index contributed by atoms with van der Waals surface area (Å²) in [6.45, 7) is 0. The Morgan fingerprint density at radius 1 is 1.25 bits per heavy atom. The summed E-state index contributed by atoms with van der Waals surface area (Å²) >= 11 is 0. The van der Waals surface area contributed by atoms with Crippen LogP contribution in [-0.2, 0) is 4.74 Å². The lowest BCUT2D eigenvalue weighted by Crippen LogP contribution is -2.40. The smallest absolute Gasteiger partial charge is 0.358 e. The Morgan fingerprint density at radius 3 is 2.71 bits per heavy atom. The van der Waals surface area contributed by atoms with Crippen molar-refractivity contribution in [2.45, 2.75) is 44.2 Å². The Kier molecular flexibility index (Phi) is 4.75. The van der Waals surface area contributed by atoms with Gasteiger partial charge in [-0.25, -0.2) is 15.0 Å². The molecule has 3 aromatic heterocycles. The molecular formula is C17H17F3N6O2. The molecule has 0 saturated heterocycles. The Hall–Kier alpha value is -2.95. The second-order valence-electron chi connectivity index (χ2n) is 6.59. The zero-order chi connectivity index (χ0) is 19.7. The van der Waals surface area contributed by atoms with E-state index in [1.54, 1.807) is 29.2 Å². The SMILES string of the molecule is O=C(NC1CCC(OC(F)(F)F)CC1)c1nc(-n2ccnc2)nc2cc[nH]c12. The third-order valence-electron chi connectivity index (χ3n) is 4.65. The van der Waals surface area contributed by atoms with Crippen molar-refractivity contribution in [3.05, 3.63) is 36.7 Å². The molecule has 0 spiro atoms. The number of carbonyl (C=O) groups excluding carboxylic acids is 1. The van der Waals surface area contributed by atoms with Gasteiger partial charge in [-0.1, -0.05) is 0 Å². The first-order valence-corrected chi connectivity index (χ1v) is 8.78. The van der Waals surface area contributed by atoms with Gasteiger partial charge in [0.25, 0.3) is 5.91 Å². The number of nitrogens with one attached hydrogen (secondary N) is 2. The Bertz CT molecular complexity index is 961. The van der Waals surface area contributed by atoms with E-state index in [9.17, 15) is 18.0 Å². The summed E-state index contributed by atoms with van der Waals surface area (Å²) in [7, 11) is 0. The maximum Gasteiger partial charge on any atom is 0.522 e. The van der Waals surface area contributed by atoms with Gasteiger partial charge in [0, 0.05) is 24.6 Å². The van der Waals surface area contributed by atoms with E-state index in [-0.39, 0.29) is 24.6 Å². The number of amides is 1. The molecule has 2 N–H and O–H groups in total. The second kappa shape index (κ2) is 7.23. The number of carbonyl (C=O) groups is 1. The molecule has 1 aliphatic rings. The molecule has 1 amide bonds. The zero-order valence-electron chi connectivity index (χ0n) is 14.6. The van der Waals surface area contributed by atoms with Crippen molar-refractivity contribution in [3.8, 4) is 5.95 Å². The van der Waals surface area contributed by atoms with Crippen molar-refractivity contribution < 1.29 is 22.7 Å². The number of alkyl halides is 3. The number of nitrogens with zero attached hydrogens (tertiary/aromatic N) is 4. The summed E-state index contributed by atoms with van der Waals surface area (Å²) in [5.41, 5.74) is 1.24. The molecule has 0 aliphatic heterocycles. The number of ether oxygens (including phenoxy) is 1. The van der Waals surface area contributed by atoms with Gasteiger partial charge < -0.3 is 10.3 Å². The van der Waals surface area contributed by atoms with Gasteiger partial charge in [-0.3, -0.25) is 14.1 Å². The van der Waals surface area contributed by atoms with Crippen LogP contribution in [0.15, 0.2) is 31.0 Å². The summed E-state index contributed by atoms with van der Waals surface area (Å²) in [5.74, 6) is -0.103. The molecule has 28 heavy (non-hydrogen) atoms. The number of H-pyrrole nitrogens is 1. The molecule has 148 valence electrons. The lowest BCUT2D eigenvalue weighted by Gasteiger charge is -2.29. The lowest BCUT2D eigenvalue weighted by atomic mass is 9.93. The predicted octanol–water partition coefficient (Wildman–Crippen LogP) is 2.72. The van der Waals surface area contributed by atoms with Crippen LogP contribution >= 0.6 is 0 Å². The Balaban J connectivity index is 1.48. The minimum absolute atomic E-state index is 0.173. The molecule has 1 saturated carbocycles. The van der Waals surface area contributed by atoms with E-state index in [1.165, 1.54) is 6.33 Å². The fourth-order valence-corrected chi connectivity index (χ4v) is 3.36. The molecule has 1 fully saturated rings. The summed E-state index contributed by atoms with van der Waals surface area (Å²) < 4.78 is 42.6. The van der Waals surface area contributed by atoms with E-state index >= 15 is 0 Å². The maximum atomic E-state index is 12.8. The molecule has 4 rings (SSSR count). The van der Waals surface area contributed by atoms with Crippen LogP contribution in [0.1, 0.15) is 36.2 Å². The highest BCUT2D eigenvalue weighted by Gasteiger charge is 2.35. The average Bonchev–Trinajstić information content (AvgIpc) is 3.32. The fraction of sp³-hybridized carbons (Fsp3) is 0.412. The molecule has 0 radical (unpaired) electrons. The molecular weight excluding hydrogens is 377 g/mol. The van der Waals surface area contributed by atoms with Crippen molar-refractivity contribution in [2.75, 3.05) is 0 Å². The highest BCUT2D eigenvalue weighted by molar-refractivity contribution is 6.03. The normalized spacial score (nSPS) is 20.4. The van der Waals surface area contributed by atoms with Crippen LogP contribution < -0.4 is 5.32 Å². The van der Waals surface area contributed by atoms with Gasteiger partial charge in [0.05, 0.1) is 17.1 Å². The number of fused-ring (bicyclic) bond motifs is 1. The molecule has 3 heterocycles. The van der Waals surface area contributed by atoms with Gasteiger partial charge in [0.1, 0.15) is 6.33 Å². The molecule has 0 atom stereocenters. The number of aromatic nitrogens is 5. The highest BCUT2D eigenvalue weighted by Crippen LogP contribution is 2.28. The van der Waals surface area contributed by atoms with Gasteiger partial charge in [-0.15, -0.1) is 13.2 Å². The van der Waals surface area contributed by atoms with Gasteiger partial charge in [-0.05, 0) is 31.7 Å². The molecule has 0 aromatic carbocycles. The van der Waals surface area contributed by atoms with Crippen LogP contribution in [0.4, 0.5) is 13.2 Å². The minimum Gasteiger partial charge on any atom is -0.358 e. The summed E-state index contributed by atoms with van der Waals surface area (Å²) in [6, 6.07) is 1.49. The van der Waals surface area contributed by atoms with Crippen LogP contribution in [0, 0.1) is 0 Å². The summed E-state index contributed by atoms with van der Waals surface area (Å²) in [4.78, 5) is 28.4. The highest BCUT2D eigenvalue weighted by atomic mass is 19.4. The number of aromatic amines is 1. The van der Waals surface area contributed by atoms with Crippen molar-refractivity contribution >= 4 is 16.9 Å². The summed E-state index contributed by atoms with van der Waals surface area (Å²) in [5, 5.41) is 2.86. The van der Waals surface area contributed by atoms with E-state index in [0.717, 1.165) is 0 Å². The van der Waals surface area contributed by atoms with E-state index in [2.05, 4.69) is 30.0 Å². The molecule has 3 aromatic rings. The van der Waals surface area contributed by atoms with Crippen molar-refractivity contribution in [2.24, 2.45) is 0 Å². The van der Waals surface area contributed by atoms with Crippen LogP contribution in [0.3, 0.4) is 0 Å². The lowest BCUT2D eigenvalue weighted by molar-refractivity contribution is -0.345. The molecule has 11 heteroatoms. The van der Waals surface area contributed by atoms with E-state index in [4.69, 9.17) is 0 Å². The first kappa shape index (κ1) is 18.4. The van der Waals surface area contributed by atoms with E-state index in [1.807, 2.05) is 0 Å². The molecule has 1 aliphatic carbocycles. The number of hydrogen-bond donors (Lipinski definition) is 2. The molecule has 0 unspecified atom stereocenters. The van der Waals surface area contributed by atoms with Gasteiger partial charge in [-0.2, -0.15) is 0 Å². The predicted molar refractivity (Wildman–Crippen MR) is 91.7 cm³/mol. The topological polar surface area (TPSA) is 97.7 Å². The van der Waals surface area contributed by atoms with Crippen LogP contribution in [-0.4, -0.2) is 48.9 Å². The second-order valence-corrected chi connectivity index (χ2v) is 6.59. The molecule has 0 bridgehead atoms.